The molecular formula is C22H26N2O3. The summed E-state index contributed by atoms with van der Waals surface area (Å²) in [6.07, 6.45) is 4.95. The van der Waals surface area contributed by atoms with Crippen LogP contribution in [-0.2, 0) is 10.2 Å². The van der Waals surface area contributed by atoms with Gasteiger partial charge in [0.25, 0.3) is 5.91 Å². The molecule has 0 bridgehead atoms. The molecule has 5 heteroatoms. The van der Waals surface area contributed by atoms with Crippen molar-refractivity contribution in [3.8, 4) is 0 Å². The van der Waals surface area contributed by atoms with E-state index in [1.165, 1.54) is 11.1 Å². The van der Waals surface area contributed by atoms with Crippen molar-refractivity contribution in [2.45, 2.75) is 43.9 Å². The summed E-state index contributed by atoms with van der Waals surface area (Å²) in [6.45, 7) is 3.35. The highest BCUT2D eigenvalue weighted by Gasteiger charge is 2.46. The maximum Gasteiger partial charge on any atom is 0.289 e. The number of amides is 2. The van der Waals surface area contributed by atoms with E-state index in [4.69, 9.17) is 4.42 Å². The summed E-state index contributed by atoms with van der Waals surface area (Å²) in [5.41, 5.74) is 3.64. The first kappa shape index (κ1) is 17.8. The van der Waals surface area contributed by atoms with Crippen LogP contribution in [0.15, 0.2) is 41.0 Å². The Bertz CT molecular complexity index is 862. The minimum Gasteiger partial charge on any atom is -0.459 e. The number of rotatable bonds is 3. The van der Waals surface area contributed by atoms with Crippen molar-refractivity contribution in [1.29, 1.82) is 0 Å². The highest BCUT2D eigenvalue weighted by molar-refractivity contribution is 5.93. The Morgan fingerprint density at radius 3 is 2.63 bits per heavy atom. The molecule has 1 aromatic heterocycles. The van der Waals surface area contributed by atoms with Crippen LogP contribution in [0.5, 0.6) is 0 Å². The van der Waals surface area contributed by atoms with Crippen molar-refractivity contribution in [2.24, 2.45) is 0 Å². The second-order valence-corrected chi connectivity index (χ2v) is 7.87. The third-order valence-electron chi connectivity index (χ3n) is 6.38. The monoisotopic (exact) mass is 366 g/mol. The molecule has 1 aromatic carbocycles. The number of furan rings is 1. The minimum absolute atomic E-state index is 0.0134. The summed E-state index contributed by atoms with van der Waals surface area (Å²) >= 11 is 0. The Morgan fingerprint density at radius 2 is 1.96 bits per heavy atom. The maximum atomic E-state index is 12.8. The van der Waals surface area contributed by atoms with Crippen molar-refractivity contribution in [3.05, 3.63) is 59.0 Å². The van der Waals surface area contributed by atoms with Crippen molar-refractivity contribution in [3.63, 3.8) is 0 Å². The summed E-state index contributed by atoms with van der Waals surface area (Å²) in [5, 5.41) is 2.75. The fraction of sp³-hybridized carbons (Fsp3) is 0.455. The van der Waals surface area contributed by atoms with E-state index < -0.39 is 0 Å². The number of likely N-dealkylation sites (tertiary alicyclic amines) is 1. The summed E-state index contributed by atoms with van der Waals surface area (Å²) < 4.78 is 5.39. The topological polar surface area (TPSA) is 62.6 Å². The lowest BCUT2D eigenvalue weighted by Gasteiger charge is -2.40. The van der Waals surface area contributed by atoms with Gasteiger partial charge in [0.15, 0.2) is 5.76 Å². The van der Waals surface area contributed by atoms with E-state index >= 15 is 0 Å². The van der Waals surface area contributed by atoms with Crippen LogP contribution in [-0.4, -0.2) is 36.9 Å². The van der Waals surface area contributed by atoms with Crippen LogP contribution in [0.1, 0.15) is 58.8 Å². The number of nitrogens with one attached hydrogen (secondary N) is 1. The lowest BCUT2D eigenvalue weighted by molar-refractivity contribution is -0.121. The molecule has 1 aliphatic heterocycles. The van der Waals surface area contributed by atoms with Gasteiger partial charge in [0, 0.05) is 32.1 Å². The van der Waals surface area contributed by atoms with Crippen LogP contribution < -0.4 is 5.32 Å². The zero-order valence-corrected chi connectivity index (χ0v) is 16.0. The number of benzene rings is 1. The van der Waals surface area contributed by atoms with Crippen LogP contribution >= 0.6 is 0 Å². The number of hydrogen-bond acceptors (Lipinski definition) is 3. The first-order valence-electron chi connectivity index (χ1n) is 9.67. The normalized spacial score (nSPS) is 20.5. The molecule has 5 nitrogen and oxygen atoms in total. The van der Waals surface area contributed by atoms with Crippen LogP contribution in [0, 0.1) is 6.92 Å². The fourth-order valence-electron chi connectivity index (χ4n) is 4.88. The molecule has 1 N–H and O–H groups in total. The summed E-state index contributed by atoms with van der Waals surface area (Å²) in [6, 6.07) is 10.4. The molecule has 1 aliphatic carbocycles. The third-order valence-corrected chi connectivity index (χ3v) is 6.38. The predicted octanol–water partition coefficient (Wildman–Crippen LogP) is 3.39. The average molecular weight is 366 g/mol. The zero-order chi connectivity index (χ0) is 19.0. The molecule has 2 aliphatic rings. The Kier molecular flexibility index (Phi) is 4.54. The summed E-state index contributed by atoms with van der Waals surface area (Å²) in [4.78, 5) is 26.6. The van der Waals surface area contributed by atoms with Gasteiger partial charge in [-0.15, -0.1) is 0 Å². The van der Waals surface area contributed by atoms with Crippen molar-refractivity contribution >= 4 is 11.8 Å². The van der Waals surface area contributed by atoms with Crippen LogP contribution in [0.25, 0.3) is 0 Å². The van der Waals surface area contributed by atoms with E-state index in [1.807, 2.05) is 17.9 Å². The van der Waals surface area contributed by atoms with Gasteiger partial charge < -0.3 is 14.6 Å². The van der Waals surface area contributed by atoms with E-state index in [1.54, 1.807) is 13.3 Å². The van der Waals surface area contributed by atoms with Crippen LogP contribution in [0.4, 0.5) is 0 Å². The molecule has 2 aromatic rings. The van der Waals surface area contributed by atoms with Gasteiger partial charge in [0.05, 0.1) is 6.26 Å². The van der Waals surface area contributed by atoms with Gasteiger partial charge in [0.2, 0.25) is 5.91 Å². The van der Waals surface area contributed by atoms with Gasteiger partial charge in [-0.1, -0.05) is 24.3 Å². The second kappa shape index (κ2) is 6.87. The van der Waals surface area contributed by atoms with E-state index in [2.05, 4.69) is 29.6 Å². The zero-order valence-electron chi connectivity index (χ0n) is 16.0. The molecule has 1 atom stereocenters. The van der Waals surface area contributed by atoms with E-state index in [0.717, 1.165) is 37.9 Å². The molecular weight excluding hydrogens is 340 g/mol. The standard InChI is InChI=1S/C22H26N2O3/c1-15-7-12-27-20(15)21(26)24-10-8-22(9-11-24)14-16(13-19(25)23-2)17-5-3-4-6-18(17)22/h3-7,12,16H,8-11,13-14H2,1-2H3,(H,23,25). The third kappa shape index (κ3) is 3.05. The summed E-state index contributed by atoms with van der Waals surface area (Å²) in [5.74, 6) is 0.791. The van der Waals surface area contributed by atoms with Gasteiger partial charge in [-0.2, -0.15) is 0 Å². The SMILES string of the molecule is CNC(=O)CC1CC2(CCN(C(=O)c3occc3C)CC2)c2ccccc21. The number of fused-ring (bicyclic) bond motifs is 2. The van der Waals surface area contributed by atoms with Gasteiger partial charge in [0.1, 0.15) is 0 Å². The van der Waals surface area contributed by atoms with Gasteiger partial charge >= 0.3 is 0 Å². The first-order valence-corrected chi connectivity index (χ1v) is 9.67. The Balaban J connectivity index is 1.53. The molecule has 0 radical (unpaired) electrons. The first-order chi connectivity index (χ1) is 13.0. The van der Waals surface area contributed by atoms with Gasteiger partial charge in [-0.25, -0.2) is 0 Å². The molecule has 2 amide bonds. The fourth-order valence-corrected chi connectivity index (χ4v) is 4.88. The average Bonchev–Trinajstić information content (AvgIpc) is 3.24. The molecule has 1 fully saturated rings. The number of hydrogen-bond donors (Lipinski definition) is 1. The number of carbonyl (C=O) groups excluding carboxylic acids is 2. The van der Waals surface area contributed by atoms with E-state index in [0.29, 0.717) is 12.2 Å². The summed E-state index contributed by atoms with van der Waals surface area (Å²) in [7, 11) is 1.69. The molecule has 1 spiro atoms. The number of nitrogens with zero attached hydrogens (tertiary/aromatic N) is 1. The van der Waals surface area contributed by atoms with Crippen LogP contribution in [0.3, 0.4) is 0 Å². The highest BCUT2D eigenvalue weighted by Crippen LogP contribution is 2.52. The molecule has 1 unspecified atom stereocenters. The largest absolute Gasteiger partial charge is 0.459 e. The Hall–Kier alpha value is -2.56. The molecule has 27 heavy (non-hydrogen) atoms. The molecule has 4 rings (SSSR count). The van der Waals surface area contributed by atoms with Crippen molar-refractivity contribution in [1.82, 2.24) is 10.2 Å². The van der Waals surface area contributed by atoms with Gasteiger partial charge in [-0.05, 0) is 54.7 Å². The van der Waals surface area contributed by atoms with E-state index in [9.17, 15) is 9.59 Å². The van der Waals surface area contributed by atoms with Crippen molar-refractivity contribution in [2.75, 3.05) is 20.1 Å². The number of carbonyl (C=O) groups is 2. The lowest BCUT2D eigenvalue weighted by atomic mass is 9.73. The minimum atomic E-state index is -0.0134. The van der Waals surface area contributed by atoms with E-state index in [-0.39, 0.29) is 23.1 Å². The second-order valence-electron chi connectivity index (χ2n) is 7.87. The maximum absolute atomic E-state index is 12.8. The molecule has 142 valence electrons. The van der Waals surface area contributed by atoms with Gasteiger partial charge in [-0.3, -0.25) is 9.59 Å². The lowest BCUT2D eigenvalue weighted by Crippen LogP contribution is -2.44. The smallest absolute Gasteiger partial charge is 0.289 e. The molecule has 0 saturated carbocycles. The number of aryl methyl sites for hydroxylation is 1. The molecule has 2 heterocycles. The quantitative estimate of drug-likeness (QED) is 0.906. The van der Waals surface area contributed by atoms with Crippen molar-refractivity contribution < 1.29 is 14.0 Å². The molecule has 1 saturated heterocycles. The predicted molar refractivity (Wildman–Crippen MR) is 103 cm³/mol. The Morgan fingerprint density at radius 1 is 1.22 bits per heavy atom. The number of piperidine rings is 1. The van der Waals surface area contributed by atoms with Crippen LogP contribution in [0.2, 0.25) is 0 Å². The highest BCUT2D eigenvalue weighted by atomic mass is 16.3. The Labute approximate surface area is 159 Å².